The average Bonchev–Trinajstić information content (AvgIpc) is 3.35. The van der Waals surface area contributed by atoms with E-state index in [9.17, 15) is 18.3 Å². The Labute approximate surface area is 171 Å². The monoisotopic (exact) mass is 424 g/mol. The zero-order valence-electron chi connectivity index (χ0n) is 16.0. The number of unbranched alkanes of at least 4 members (excludes halogenated alkanes) is 3. The predicted octanol–water partition coefficient (Wildman–Crippen LogP) is 5.35. The Morgan fingerprint density at radius 2 is 1.90 bits per heavy atom. The van der Waals surface area contributed by atoms with E-state index in [1.807, 2.05) is 11.2 Å². The van der Waals surface area contributed by atoms with Crippen molar-refractivity contribution in [1.29, 1.82) is 0 Å². The summed E-state index contributed by atoms with van der Waals surface area (Å²) in [5.41, 5.74) is -0.222. The minimum atomic E-state index is -4.50. The van der Waals surface area contributed by atoms with Gasteiger partial charge in [-0.05, 0) is 36.6 Å². The van der Waals surface area contributed by atoms with Crippen LogP contribution in [-0.4, -0.2) is 25.3 Å². The summed E-state index contributed by atoms with van der Waals surface area (Å²) < 4.78 is 38.0. The summed E-state index contributed by atoms with van der Waals surface area (Å²) in [5.74, 6) is 0.0977. The third-order valence-electron chi connectivity index (χ3n) is 4.53. The number of aromatic amines is 1. The summed E-state index contributed by atoms with van der Waals surface area (Å²) in [7, 11) is 0. The number of aromatic nitrogens is 4. The van der Waals surface area contributed by atoms with Gasteiger partial charge in [-0.1, -0.05) is 26.2 Å². The third kappa shape index (κ3) is 5.86. The number of aliphatic hydroxyl groups excluding tert-OH is 1. The van der Waals surface area contributed by atoms with Gasteiger partial charge in [0.15, 0.2) is 5.82 Å². The highest BCUT2D eigenvalue weighted by molar-refractivity contribution is 7.12. The maximum atomic E-state index is 12.7. The predicted molar refractivity (Wildman–Crippen MR) is 105 cm³/mol. The minimum Gasteiger partial charge on any atom is -0.387 e. The van der Waals surface area contributed by atoms with Gasteiger partial charge >= 0.3 is 6.18 Å². The molecule has 0 bridgehead atoms. The van der Waals surface area contributed by atoms with Crippen LogP contribution in [0.25, 0.3) is 11.5 Å². The number of hydrogen-bond acceptors (Lipinski definition) is 5. The topological polar surface area (TPSA) is 74.7 Å². The summed E-state index contributed by atoms with van der Waals surface area (Å²) in [5, 5.41) is 16.0. The van der Waals surface area contributed by atoms with Gasteiger partial charge in [-0.2, -0.15) is 18.3 Å². The Morgan fingerprint density at radius 3 is 2.55 bits per heavy atom. The van der Waals surface area contributed by atoms with Crippen molar-refractivity contribution in [2.75, 3.05) is 0 Å². The highest BCUT2D eigenvalue weighted by atomic mass is 32.1. The Morgan fingerprint density at radius 1 is 1.14 bits per heavy atom. The fourth-order valence-corrected chi connectivity index (χ4v) is 3.97. The molecule has 0 radical (unpaired) electrons. The molecule has 0 spiro atoms. The van der Waals surface area contributed by atoms with E-state index in [2.05, 4.69) is 28.1 Å². The third-order valence-corrected chi connectivity index (χ3v) is 5.78. The number of aryl methyl sites for hydroxylation is 1. The molecular weight excluding hydrogens is 401 g/mol. The van der Waals surface area contributed by atoms with Crippen LogP contribution in [0.1, 0.15) is 59.7 Å². The van der Waals surface area contributed by atoms with E-state index in [1.54, 1.807) is 11.3 Å². The van der Waals surface area contributed by atoms with Gasteiger partial charge in [0.05, 0.1) is 6.10 Å². The first-order valence-corrected chi connectivity index (χ1v) is 10.4. The van der Waals surface area contributed by atoms with Crippen LogP contribution >= 0.6 is 11.3 Å². The minimum absolute atomic E-state index is 0.0235. The lowest BCUT2D eigenvalue weighted by atomic mass is 10.1. The van der Waals surface area contributed by atoms with Gasteiger partial charge in [-0.25, -0.2) is 9.97 Å². The van der Waals surface area contributed by atoms with E-state index in [0.717, 1.165) is 23.8 Å². The molecule has 29 heavy (non-hydrogen) atoms. The van der Waals surface area contributed by atoms with Gasteiger partial charge in [0.25, 0.3) is 0 Å². The van der Waals surface area contributed by atoms with Crippen LogP contribution in [0.2, 0.25) is 0 Å². The number of alkyl halides is 3. The molecule has 156 valence electrons. The number of nitrogens with zero attached hydrogens (tertiary/aromatic N) is 3. The molecule has 0 saturated carbocycles. The van der Waals surface area contributed by atoms with Crippen LogP contribution < -0.4 is 0 Å². The second-order valence-corrected chi connectivity index (χ2v) is 8.11. The molecular formula is C20H23F3N4OS. The van der Waals surface area contributed by atoms with Crippen molar-refractivity contribution in [3.63, 3.8) is 0 Å². The molecule has 1 atom stereocenters. The van der Waals surface area contributed by atoms with Gasteiger partial charge < -0.3 is 5.11 Å². The van der Waals surface area contributed by atoms with Gasteiger partial charge in [-0.15, -0.1) is 11.3 Å². The number of hydrogen-bond donors (Lipinski definition) is 2. The zero-order chi connectivity index (χ0) is 20.9. The molecule has 2 N–H and O–H groups in total. The van der Waals surface area contributed by atoms with Crippen LogP contribution in [0.3, 0.4) is 0 Å². The molecule has 1 unspecified atom stereocenters. The summed E-state index contributed by atoms with van der Waals surface area (Å²) in [6, 6.07) is 4.88. The summed E-state index contributed by atoms with van der Waals surface area (Å²) in [6.45, 7) is 2.18. The van der Waals surface area contributed by atoms with Crippen LogP contribution in [-0.2, 0) is 19.0 Å². The van der Waals surface area contributed by atoms with E-state index in [0.29, 0.717) is 12.0 Å². The SMILES string of the molecule is CCCCCCc1ccc(C(O)Cc2cnc(-c3cc(C(F)(F)F)[nH]n3)nc2)s1. The molecule has 0 amide bonds. The molecule has 5 nitrogen and oxygen atoms in total. The van der Waals surface area contributed by atoms with E-state index in [4.69, 9.17) is 0 Å². The van der Waals surface area contributed by atoms with E-state index >= 15 is 0 Å². The van der Waals surface area contributed by atoms with Crippen molar-refractivity contribution < 1.29 is 18.3 Å². The smallest absolute Gasteiger partial charge is 0.387 e. The Hall–Kier alpha value is -2.26. The van der Waals surface area contributed by atoms with Crippen LogP contribution in [0.5, 0.6) is 0 Å². The van der Waals surface area contributed by atoms with Crippen molar-refractivity contribution in [2.24, 2.45) is 0 Å². The normalized spacial score (nSPS) is 13.0. The van der Waals surface area contributed by atoms with Gasteiger partial charge in [0.2, 0.25) is 0 Å². The molecule has 0 fully saturated rings. The number of aliphatic hydroxyl groups is 1. The van der Waals surface area contributed by atoms with Gasteiger partial charge in [0, 0.05) is 28.6 Å². The van der Waals surface area contributed by atoms with Crippen molar-refractivity contribution in [3.05, 3.63) is 51.6 Å². The number of halogens is 3. The molecule has 3 aromatic rings. The van der Waals surface area contributed by atoms with Crippen molar-refractivity contribution in [1.82, 2.24) is 20.2 Å². The first-order chi connectivity index (χ1) is 13.9. The first kappa shape index (κ1) is 21.4. The highest BCUT2D eigenvalue weighted by Crippen LogP contribution is 2.30. The van der Waals surface area contributed by atoms with Crippen molar-refractivity contribution in [2.45, 2.75) is 57.7 Å². The maximum Gasteiger partial charge on any atom is 0.432 e. The standard InChI is InChI=1S/C20H23F3N4OS/c1-2-3-4-5-6-14-7-8-17(29-14)16(28)9-13-11-24-19(25-12-13)15-10-18(27-26-15)20(21,22)23/h7-8,10-12,16,28H,2-6,9H2,1H3,(H,26,27). The van der Waals surface area contributed by atoms with Crippen LogP contribution in [0, 0.1) is 0 Å². The zero-order valence-corrected chi connectivity index (χ0v) is 16.9. The molecule has 3 rings (SSSR count). The second-order valence-electron chi connectivity index (χ2n) is 6.91. The summed E-state index contributed by atoms with van der Waals surface area (Å²) in [6.07, 6.45) is 4.04. The summed E-state index contributed by atoms with van der Waals surface area (Å²) >= 11 is 1.61. The fourth-order valence-electron chi connectivity index (χ4n) is 2.93. The fraction of sp³-hybridized carbons (Fsp3) is 0.450. The first-order valence-electron chi connectivity index (χ1n) is 9.57. The molecule has 0 aliphatic carbocycles. The number of H-pyrrole nitrogens is 1. The second kappa shape index (κ2) is 9.49. The lowest BCUT2D eigenvalue weighted by Crippen LogP contribution is -2.04. The molecule has 3 aromatic heterocycles. The van der Waals surface area contributed by atoms with Crippen molar-refractivity contribution in [3.8, 4) is 11.5 Å². The highest BCUT2D eigenvalue weighted by Gasteiger charge is 2.33. The number of rotatable bonds is 9. The molecule has 0 aliphatic rings. The van der Waals surface area contributed by atoms with E-state index < -0.39 is 18.0 Å². The Balaban J connectivity index is 1.58. The van der Waals surface area contributed by atoms with Gasteiger partial charge in [-0.3, -0.25) is 5.10 Å². The van der Waals surface area contributed by atoms with E-state index in [1.165, 1.54) is 36.5 Å². The number of thiophene rings is 1. The lowest BCUT2D eigenvalue weighted by Gasteiger charge is -2.08. The Kier molecular flexibility index (Phi) is 7.02. The van der Waals surface area contributed by atoms with Crippen molar-refractivity contribution >= 4 is 11.3 Å². The molecule has 0 aliphatic heterocycles. The summed E-state index contributed by atoms with van der Waals surface area (Å²) in [4.78, 5) is 10.3. The molecule has 3 heterocycles. The Bertz CT molecular complexity index is 905. The van der Waals surface area contributed by atoms with Crippen LogP contribution in [0.15, 0.2) is 30.6 Å². The maximum absolute atomic E-state index is 12.7. The molecule has 0 saturated heterocycles. The number of nitrogens with one attached hydrogen (secondary N) is 1. The van der Waals surface area contributed by atoms with Gasteiger partial charge in [0.1, 0.15) is 11.4 Å². The average molecular weight is 424 g/mol. The molecule has 0 aromatic carbocycles. The molecule has 9 heteroatoms. The lowest BCUT2D eigenvalue weighted by molar-refractivity contribution is -0.141. The van der Waals surface area contributed by atoms with E-state index in [-0.39, 0.29) is 11.5 Å². The quantitative estimate of drug-likeness (QED) is 0.454. The van der Waals surface area contributed by atoms with Crippen LogP contribution in [0.4, 0.5) is 13.2 Å². The largest absolute Gasteiger partial charge is 0.432 e.